The third kappa shape index (κ3) is 3.16. The molecule has 0 aliphatic carbocycles. The van der Waals surface area contributed by atoms with E-state index in [-0.39, 0.29) is 11.9 Å². The molecule has 0 unspecified atom stereocenters. The Hall–Kier alpha value is -0.810. The van der Waals surface area contributed by atoms with Crippen LogP contribution in [0.3, 0.4) is 0 Å². The molecule has 1 rings (SSSR count). The van der Waals surface area contributed by atoms with E-state index in [1.54, 1.807) is 19.2 Å². The maximum absolute atomic E-state index is 11.5. The maximum atomic E-state index is 11.5. The normalized spacial score (nSPS) is 12.5. The molecule has 1 N–H and O–H groups in total. The van der Waals surface area contributed by atoms with Crippen molar-refractivity contribution in [2.45, 2.75) is 13.0 Å². The van der Waals surface area contributed by atoms with E-state index in [1.165, 1.54) is 0 Å². The number of hydrogen-bond donors (Lipinski definition) is 1. The molecule has 1 atom stereocenters. The van der Waals surface area contributed by atoms with Gasteiger partial charge in [0.2, 0.25) is 0 Å². The predicted octanol–water partition coefficient (Wildman–Crippen LogP) is 1.81. The topological polar surface area (TPSA) is 51.5 Å². The second-order valence-electron chi connectivity index (χ2n) is 2.93. The van der Waals surface area contributed by atoms with E-state index in [4.69, 9.17) is 9.15 Å². The van der Waals surface area contributed by atoms with E-state index in [0.29, 0.717) is 17.0 Å². The zero-order valence-electron chi connectivity index (χ0n) is 8.04. The third-order valence-corrected chi connectivity index (χ3v) is 2.02. The number of furan rings is 1. The largest absolute Gasteiger partial charge is 0.444 e. The Labute approximate surface area is 90.7 Å². The molecular formula is C9H12BrNO3. The minimum atomic E-state index is -0.236. The molecule has 1 aromatic rings. The van der Waals surface area contributed by atoms with Crippen molar-refractivity contribution in [3.05, 3.63) is 22.6 Å². The van der Waals surface area contributed by atoms with E-state index in [0.717, 1.165) is 0 Å². The van der Waals surface area contributed by atoms with Gasteiger partial charge >= 0.3 is 0 Å². The van der Waals surface area contributed by atoms with Crippen LogP contribution < -0.4 is 5.32 Å². The molecule has 0 bridgehead atoms. The molecular weight excluding hydrogens is 250 g/mol. The van der Waals surface area contributed by atoms with Crippen LogP contribution in [0.2, 0.25) is 0 Å². The summed E-state index contributed by atoms with van der Waals surface area (Å²) in [6, 6.07) is 3.26. The molecule has 4 nitrogen and oxygen atoms in total. The summed E-state index contributed by atoms with van der Waals surface area (Å²) >= 11 is 3.13. The summed E-state index contributed by atoms with van der Waals surface area (Å²) in [4.78, 5) is 11.5. The number of hydrogen-bond acceptors (Lipinski definition) is 3. The highest BCUT2D eigenvalue weighted by Gasteiger charge is 2.12. The number of ether oxygens (including phenoxy) is 1. The first kappa shape index (κ1) is 11.3. The summed E-state index contributed by atoms with van der Waals surface area (Å²) < 4.78 is 10.5. The van der Waals surface area contributed by atoms with Gasteiger partial charge in [-0.2, -0.15) is 0 Å². The van der Waals surface area contributed by atoms with Gasteiger partial charge in [-0.15, -0.1) is 0 Å². The standard InChI is InChI=1S/C9H12BrNO3/c1-6(5-13-2)11-9(12)7-3-4-8(10)14-7/h3-4,6H,5H2,1-2H3,(H,11,12)/t6-/m1/s1. The molecule has 5 heteroatoms. The van der Waals surface area contributed by atoms with E-state index < -0.39 is 0 Å². The van der Waals surface area contributed by atoms with Crippen LogP contribution in [0.4, 0.5) is 0 Å². The van der Waals surface area contributed by atoms with E-state index in [1.807, 2.05) is 6.92 Å². The number of halogens is 1. The number of rotatable bonds is 4. The summed E-state index contributed by atoms with van der Waals surface area (Å²) in [7, 11) is 1.59. The molecule has 78 valence electrons. The van der Waals surface area contributed by atoms with Gasteiger partial charge in [0.15, 0.2) is 10.4 Å². The Morgan fingerprint density at radius 1 is 1.71 bits per heavy atom. The molecule has 0 spiro atoms. The molecule has 0 radical (unpaired) electrons. The van der Waals surface area contributed by atoms with Gasteiger partial charge in [-0.25, -0.2) is 0 Å². The minimum Gasteiger partial charge on any atom is -0.444 e. The maximum Gasteiger partial charge on any atom is 0.287 e. The third-order valence-electron chi connectivity index (χ3n) is 1.59. The molecule has 1 heterocycles. The number of amides is 1. The molecule has 0 aliphatic heterocycles. The monoisotopic (exact) mass is 261 g/mol. The lowest BCUT2D eigenvalue weighted by molar-refractivity contribution is 0.0877. The smallest absolute Gasteiger partial charge is 0.287 e. The number of nitrogens with one attached hydrogen (secondary N) is 1. The molecule has 1 aromatic heterocycles. The molecule has 0 saturated heterocycles. The number of carbonyl (C=O) groups is 1. The first-order valence-electron chi connectivity index (χ1n) is 4.18. The van der Waals surface area contributed by atoms with Gasteiger partial charge in [0.1, 0.15) is 0 Å². The van der Waals surface area contributed by atoms with Gasteiger partial charge in [0.05, 0.1) is 6.61 Å². The van der Waals surface area contributed by atoms with Crippen molar-refractivity contribution in [3.8, 4) is 0 Å². The van der Waals surface area contributed by atoms with Crippen LogP contribution in [-0.4, -0.2) is 25.7 Å². The first-order chi connectivity index (χ1) is 6.63. The van der Waals surface area contributed by atoms with Crippen molar-refractivity contribution in [2.75, 3.05) is 13.7 Å². The SMILES string of the molecule is COC[C@@H](C)NC(=O)c1ccc(Br)o1. The second kappa shape index (κ2) is 5.17. The van der Waals surface area contributed by atoms with Crippen molar-refractivity contribution in [1.29, 1.82) is 0 Å². The Morgan fingerprint density at radius 3 is 2.93 bits per heavy atom. The van der Waals surface area contributed by atoms with Crippen LogP contribution in [0.1, 0.15) is 17.5 Å². The van der Waals surface area contributed by atoms with Crippen molar-refractivity contribution in [3.63, 3.8) is 0 Å². The Morgan fingerprint density at radius 2 is 2.43 bits per heavy atom. The van der Waals surface area contributed by atoms with Crippen molar-refractivity contribution in [1.82, 2.24) is 5.32 Å². The Bertz CT molecular complexity index is 311. The van der Waals surface area contributed by atoms with Crippen LogP contribution >= 0.6 is 15.9 Å². The summed E-state index contributed by atoms with van der Waals surface area (Å²) in [5.74, 6) is 0.0556. The highest BCUT2D eigenvalue weighted by Crippen LogP contribution is 2.13. The average molecular weight is 262 g/mol. The van der Waals surface area contributed by atoms with Crippen LogP contribution in [-0.2, 0) is 4.74 Å². The minimum absolute atomic E-state index is 0.0311. The summed E-state index contributed by atoms with van der Waals surface area (Å²) in [5, 5.41) is 2.73. The van der Waals surface area contributed by atoms with Gasteiger partial charge in [-0.3, -0.25) is 4.79 Å². The highest BCUT2D eigenvalue weighted by atomic mass is 79.9. The van der Waals surface area contributed by atoms with Crippen LogP contribution in [0.5, 0.6) is 0 Å². The number of carbonyl (C=O) groups excluding carboxylic acids is 1. The van der Waals surface area contributed by atoms with Crippen molar-refractivity contribution < 1.29 is 13.9 Å². The lowest BCUT2D eigenvalue weighted by atomic mass is 10.3. The van der Waals surface area contributed by atoms with Crippen LogP contribution in [0.15, 0.2) is 21.2 Å². The molecule has 0 aromatic carbocycles. The first-order valence-corrected chi connectivity index (χ1v) is 4.98. The molecule has 14 heavy (non-hydrogen) atoms. The van der Waals surface area contributed by atoms with E-state index in [2.05, 4.69) is 21.2 Å². The lowest BCUT2D eigenvalue weighted by Gasteiger charge is -2.10. The van der Waals surface area contributed by atoms with Gasteiger partial charge in [0, 0.05) is 13.2 Å². The molecule has 1 amide bonds. The average Bonchev–Trinajstić information content (AvgIpc) is 2.52. The fourth-order valence-corrected chi connectivity index (χ4v) is 1.33. The zero-order valence-corrected chi connectivity index (χ0v) is 9.63. The zero-order chi connectivity index (χ0) is 10.6. The van der Waals surface area contributed by atoms with Crippen LogP contribution in [0, 0.1) is 0 Å². The number of methoxy groups -OCH3 is 1. The fourth-order valence-electron chi connectivity index (χ4n) is 1.02. The highest BCUT2D eigenvalue weighted by molar-refractivity contribution is 9.10. The molecule has 0 fully saturated rings. The van der Waals surface area contributed by atoms with Gasteiger partial charge in [-0.1, -0.05) is 0 Å². The van der Waals surface area contributed by atoms with E-state index in [9.17, 15) is 4.79 Å². The summed E-state index contributed by atoms with van der Waals surface area (Å²) in [6.07, 6.45) is 0. The summed E-state index contributed by atoms with van der Waals surface area (Å²) in [5.41, 5.74) is 0. The second-order valence-corrected chi connectivity index (χ2v) is 3.72. The van der Waals surface area contributed by atoms with Gasteiger partial charge in [0.25, 0.3) is 5.91 Å². The van der Waals surface area contributed by atoms with Crippen molar-refractivity contribution >= 4 is 21.8 Å². The summed E-state index contributed by atoms with van der Waals surface area (Å²) in [6.45, 7) is 2.34. The lowest BCUT2D eigenvalue weighted by Crippen LogP contribution is -2.35. The Balaban J connectivity index is 2.50. The molecule has 0 saturated carbocycles. The van der Waals surface area contributed by atoms with Crippen LogP contribution in [0.25, 0.3) is 0 Å². The van der Waals surface area contributed by atoms with Crippen molar-refractivity contribution in [2.24, 2.45) is 0 Å². The van der Waals surface area contributed by atoms with Gasteiger partial charge in [-0.05, 0) is 35.0 Å². The molecule has 0 aliphatic rings. The predicted molar refractivity (Wildman–Crippen MR) is 55.2 cm³/mol. The van der Waals surface area contributed by atoms with Gasteiger partial charge < -0.3 is 14.5 Å². The Kier molecular flexibility index (Phi) is 4.16. The van der Waals surface area contributed by atoms with E-state index >= 15 is 0 Å². The fraction of sp³-hybridized carbons (Fsp3) is 0.444. The quantitative estimate of drug-likeness (QED) is 0.900.